The van der Waals surface area contributed by atoms with E-state index in [4.69, 9.17) is 21.7 Å². The van der Waals surface area contributed by atoms with Gasteiger partial charge in [-0.25, -0.2) is 4.98 Å². The minimum absolute atomic E-state index is 0.175. The maximum atomic E-state index is 6.02. The zero-order valence-electron chi connectivity index (χ0n) is 16.0. The van der Waals surface area contributed by atoms with Crippen LogP contribution < -0.4 is 5.32 Å². The van der Waals surface area contributed by atoms with Gasteiger partial charge < -0.3 is 5.32 Å². The fourth-order valence-corrected chi connectivity index (χ4v) is 6.49. The number of nitrogens with one attached hydrogen (secondary N) is 1. The van der Waals surface area contributed by atoms with E-state index in [9.17, 15) is 0 Å². The zero-order valence-corrected chi connectivity index (χ0v) is 16.8. The number of rotatable bonds is 3. The average molecular weight is 394 g/mol. The summed E-state index contributed by atoms with van der Waals surface area (Å²) in [6.07, 6.45) is 8.05. The molecule has 0 radical (unpaired) electrons. The third-order valence-corrected chi connectivity index (χ3v) is 7.32. The van der Waals surface area contributed by atoms with Crippen molar-refractivity contribution in [1.82, 2.24) is 19.6 Å². The Labute approximate surface area is 169 Å². The van der Waals surface area contributed by atoms with Gasteiger partial charge in [-0.05, 0) is 87.5 Å². The van der Waals surface area contributed by atoms with Gasteiger partial charge in [0, 0.05) is 27.9 Å². The van der Waals surface area contributed by atoms with Gasteiger partial charge in [0.25, 0.3) is 5.78 Å². The van der Waals surface area contributed by atoms with E-state index >= 15 is 0 Å². The Bertz CT molecular complexity index is 1020. The Kier molecular flexibility index (Phi) is 3.55. The molecule has 1 aromatic carbocycles. The highest BCUT2D eigenvalue weighted by Crippen LogP contribution is 2.60. The van der Waals surface area contributed by atoms with Gasteiger partial charge in [0.05, 0.1) is 0 Å². The molecule has 4 aliphatic carbocycles. The monoisotopic (exact) mass is 393 g/mol. The number of hydrogen-bond donors (Lipinski definition) is 1. The molecular formula is C22H24ClN5. The Hall–Kier alpha value is -2.14. The first-order valence-corrected chi connectivity index (χ1v) is 10.7. The average Bonchev–Trinajstić information content (AvgIpc) is 3.07. The minimum atomic E-state index is 0.175. The molecular weight excluding hydrogens is 370 g/mol. The fraction of sp³-hybridized carbons (Fsp3) is 0.500. The van der Waals surface area contributed by atoms with Crippen LogP contribution in [0.5, 0.6) is 0 Å². The lowest BCUT2D eigenvalue weighted by molar-refractivity contribution is -0.00925. The van der Waals surface area contributed by atoms with Gasteiger partial charge in [-0.2, -0.15) is 9.50 Å². The number of anilines is 2. The molecule has 5 nitrogen and oxygen atoms in total. The van der Waals surface area contributed by atoms with E-state index in [1.165, 1.54) is 38.5 Å². The van der Waals surface area contributed by atoms with Gasteiger partial charge >= 0.3 is 0 Å². The van der Waals surface area contributed by atoms with Crippen LogP contribution in [0, 0.1) is 24.7 Å². The second-order valence-electron chi connectivity index (χ2n) is 9.26. The van der Waals surface area contributed by atoms with Gasteiger partial charge in [0.1, 0.15) is 5.82 Å². The summed E-state index contributed by atoms with van der Waals surface area (Å²) in [5.74, 6) is 5.23. The van der Waals surface area contributed by atoms with Crippen LogP contribution in [0.2, 0.25) is 5.02 Å². The predicted octanol–water partition coefficient (Wildman–Crippen LogP) is 5.30. The van der Waals surface area contributed by atoms with E-state index in [-0.39, 0.29) is 5.41 Å². The normalized spacial score (nSPS) is 30.9. The van der Waals surface area contributed by atoms with Crippen LogP contribution in [-0.4, -0.2) is 19.6 Å². The second kappa shape index (κ2) is 5.93. The summed E-state index contributed by atoms with van der Waals surface area (Å²) in [7, 11) is 0. The van der Waals surface area contributed by atoms with E-state index in [1.54, 1.807) is 0 Å². The number of hydrogen-bond acceptors (Lipinski definition) is 4. The zero-order chi connectivity index (χ0) is 18.9. The molecule has 1 N–H and O–H groups in total. The standard InChI is InChI=1S/C22H24ClN5/c1-13-6-19(25-18-4-2-17(23)3-5-18)28-21(24-13)26-20(27-28)22-10-14-7-15(11-22)9-16(8-14)12-22/h2-6,14-16,25H,7-12H2,1H3. The van der Waals surface area contributed by atoms with Gasteiger partial charge in [0.15, 0.2) is 5.82 Å². The van der Waals surface area contributed by atoms with Gasteiger partial charge in [-0.1, -0.05) is 11.6 Å². The topological polar surface area (TPSA) is 55.1 Å². The lowest BCUT2D eigenvalue weighted by Crippen LogP contribution is -2.49. The number of halogens is 1. The SMILES string of the molecule is Cc1cc(Nc2ccc(Cl)cc2)n2nc(C34CC5CC(CC(C5)C3)C4)nc2n1. The van der Waals surface area contributed by atoms with Crippen molar-refractivity contribution in [3.05, 3.63) is 46.9 Å². The maximum absolute atomic E-state index is 6.02. The molecule has 0 spiro atoms. The molecule has 3 aromatic rings. The van der Waals surface area contributed by atoms with E-state index in [1.807, 2.05) is 41.8 Å². The molecule has 4 saturated carbocycles. The summed E-state index contributed by atoms with van der Waals surface area (Å²) in [4.78, 5) is 9.63. The highest BCUT2D eigenvalue weighted by atomic mass is 35.5. The number of aromatic nitrogens is 4. The smallest absolute Gasteiger partial charge is 0.254 e. The molecule has 4 bridgehead atoms. The summed E-state index contributed by atoms with van der Waals surface area (Å²) in [6.45, 7) is 2.01. The molecule has 4 aliphatic rings. The number of aryl methyl sites for hydroxylation is 1. The summed E-state index contributed by atoms with van der Waals surface area (Å²) in [6, 6.07) is 9.75. The Balaban J connectivity index is 1.42. The van der Waals surface area contributed by atoms with E-state index in [0.717, 1.165) is 45.8 Å². The third kappa shape index (κ3) is 2.63. The molecule has 6 heteroatoms. The lowest BCUT2D eigenvalue weighted by Gasteiger charge is -2.55. The molecule has 7 rings (SSSR count). The fourth-order valence-electron chi connectivity index (χ4n) is 6.37. The van der Waals surface area contributed by atoms with Crippen molar-refractivity contribution in [2.24, 2.45) is 17.8 Å². The molecule has 4 fully saturated rings. The molecule has 0 atom stereocenters. The highest BCUT2D eigenvalue weighted by molar-refractivity contribution is 6.30. The van der Waals surface area contributed by atoms with Crippen molar-refractivity contribution < 1.29 is 0 Å². The molecule has 2 aromatic heterocycles. The van der Waals surface area contributed by atoms with E-state index in [0.29, 0.717) is 5.78 Å². The number of benzene rings is 1. The lowest BCUT2D eigenvalue weighted by atomic mass is 9.49. The van der Waals surface area contributed by atoms with Crippen LogP contribution in [0.4, 0.5) is 11.5 Å². The number of fused-ring (bicyclic) bond motifs is 1. The van der Waals surface area contributed by atoms with Crippen LogP contribution in [0.3, 0.4) is 0 Å². The number of nitrogens with zero attached hydrogens (tertiary/aromatic N) is 4. The Morgan fingerprint density at radius 3 is 2.29 bits per heavy atom. The third-order valence-electron chi connectivity index (χ3n) is 7.07. The quantitative estimate of drug-likeness (QED) is 0.656. The van der Waals surface area contributed by atoms with Gasteiger partial charge in [-0.3, -0.25) is 0 Å². The second-order valence-corrected chi connectivity index (χ2v) is 9.70. The highest BCUT2D eigenvalue weighted by Gasteiger charge is 2.53. The molecule has 0 unspecified atom stereocenters. The summed E-state index contributed by atoms with van der Waals surface area (Å²) < 4.78 is 1.88. The van der Waals surface area contributed by atoms with E-state index < -0.39 is 0 Å². The predicted molar refractivity (Wildman–Crippen MR) is 110 cm³/mol. The van der Waals surface area contributed by atoms with Crippen molar-refractivity contribution in [3.8, 4) is 0 Å². The molecule has 2 heterocycles. The molecule has 0 amide bonds. The first kappa shape index (κ1) is 16.8. The minimum Gasteiger partial charge on any atom is -0.340 e. The van der Waals surface area contributed by atoms with Crippen LogP contribution in [0.1, 0.15) is 50.0 Å². The Morgan fingerprint density at radius 1 is 1.00 bits per heavy atom. The largest absolute Gasteiger partial charge is 0.340 e. The summed E-state index contributed by atoms with van der Waals surface area (Å²) >= 11 is 6.02. The molecule has 144 valence electrons. The summed E-state index contributed by atoms with van der Waals surface area (Å²) in [5.41, 5.74) is 2.09. The van der Waals surface area contributed by atoms with Gasteiger partial charge in [-0.15, -0.1) is 5.10 Å². The first-order chi connectivity index (χ1) is 13.6. The summed E-state index contributed by atoms with van der Waals surface area (Å²) in [5, 5.41) is 9.20. The Morgan fingerprint density at radius 2 is 1.64 bits per heavy atom. The van der Waals surface area contributed by atoms with Crippen LogP contribution in [-0.2, 0) is 5.41 Å². The van der Waals surface area contributed by atoms with Gasteiger partial charge in [0.2, 0.25) is 0 Å². The van der Waals surface area contributed by atoms with Crippen LogP contribution >= 0.6 is 11.6 Å². The van der Waals surface area contributed by atoms with E-state index in [2.05, 4.69) is 10.3 Å². The van der Waals surface area contributed by atoms with Crippen molar-refractivity contribution in [2.75, 3.05) is 5.32 Å². The van der Waals surface area contributed by atoms with Crippen molar-refractivity contribution >= 4 is 28.9 Å². The first-order valence-electron chi connectivity index (χ1n) is 10.3. The van der Waals surface area contributed by atoms with Crippen molar-refractivity contribution in [3.63, 3.8) is 0 Å². The molecule has 0 saturated heterocycles. The van der Waals surface area contributed by atoms with Crippen LogP contribution in [0.25, 0.3) is 5.78 Å². The molecule has 0 aliphatic heterocycles. The van der Waals surface area contributed by atoms with Crippen molar-refractivity contribution in [2.45, 2.75) is 50.9 Å². The van der Waals surface area contributed by atoms with Crippen LogP contribution in [0.15, 0.2) is 30.3 Å². The molecule has 28 heavy (non-hydrogen) atoms. The maximum Gasteiger partial charge on any atom is 0.254 e. The van der Waals surface area contributed by atoms with Crippen molar-refractivity contribution in [1.29, 1.82) is 0 Å².